The Morgan fingerprint density at radius 3 is 2.67 bits per heavy atom. The summed E-state index contributed by atoms with van der Waals surface area (Å²) in [6, 6.07) is 10.3. The summed E-state index contributed by atoms with van der Waals surface area (Å²) >= 11 is 0. The third kappa shape index (κ3) is 2.62. The molecular weight excluding hydrogens is 188 g/mol. The van der Waals surface area contributed by atoms with Crippen LogP contribution in [0.2, 0.25) is 0 Å². The number of rotatable bonds is 4. The Bertz CT molecular complexity index is 408. The van der Waals surface area contributed by atoms with E-state index in [-0.39, 0.29) is 0 Å². The lowest BCUT2D eigenvalue weighted by atomic mass is 10.2. The first-order valence-corrected chi connectivity index (χ1v) is 5.19. The van der Waals surface area contributed by atoms with Crippen molar-refractivity contribution < 1.29 is 0 Å². The van der Waals surface area contributed by atoms with E-state index in [4.69, 9.17) is 0 Å². The molecule has 4 nitrogen and oxygen atoms in total. The summed E-state index contributed by atoms with van der Waals surface area (Å²) in [6.45, 7) is 2.82. The van der Waals surface area contributed by atoms with Crippen LogP contribution in [0, 0.1) is 0 Å². The molecule has 0 fully saturated rings. The average molecular weight is 202 g/mol. The van der Waals surface area contributed by atoms with Gasteiger partial charge < -0.3 is 0 Å². The van der Waals surface area contributed by atoms with Crippen molar-refractivity contribution in [3.63, 3.8) is 0 Å². The molecule has 2 aromatic rings. The molecule has 1 heterocycles. The highest BCUT2D eigenvalue weighted by atomic mass is 15.6. The van der Waals surface area contributed by atoms with Gasteiger partial charge in [-0.1, -0.05) is 37.3 Å². The SMILES string of the molecule is CCc1nnn(CCc2ccccc2)n1. The lowest BCUT2D eigenvalue weighted by Crippen LogP contribution is -2.05. The van der Waals surface area contributed by atoms with Gasteiger partial charge in [-0.3, -0.25) is 0 Å². The Morgan fingerprint density at radius 1 is 1.20 bits per heavy atom. The second kappa shape index (κ2) is 4.68. The highest BCUT2D eigenvalue weighted by Crippen LogP contribution is 2.00. The Hall–Kier alpha value is -1.71. The fourth-order valence-electron chi connectivity index (χ4n) is 1.39. The normalized spacial score (nSPS) is 10.5. The van der Waals surface area contributed by atoms with Crippen LogP contribution < -0.4 is 0 Å². The van der Waals surface area contributed by atoms with Crippen LogP contribution in [0.25, 0.3) is 0 Å². The molecule has 0 aliphatic carbocycles. The van der Waals surface area contributed by atoms with Crippen molar-refractivity contribution in [2.45, 2.75) is 26.3 Å². The largest absolute Gasteiger partial charge is 0.174 e. The van der Waals surface area contributed by atoms with Crippen molar-refractivity contribution in [3.8, 4) is 0 Å². The van der Waals surface area contributed by atoms with Gasteiger partial charge in [0, 0.05) is 6.42 Å². The number of aromatic nitrogens is 4. The van der Waals surface area contributed by atoms with E-state index in [9.17, 15) is 0 Å². The van der Waals surface area contributed by atoms with Gasteiger partial charge in [-0.25, -0.2) is 0 Å². The minimum atomic E-state index is 0.789. The fourth-order valence-corrected chi connectivity index (χ4v) is 1.39. The van der Waals surface area contributed by atoms with E-state index in [1.165, 1.54) is 5.56 Å². The number of hydrogen-bond acceptors (Lipinski definition) is 3. The van der Waals surface area contributed by atoms with Crippen LogP contribution in [0.15, 0.2) is 30.3 Å². The van der Waals surface area contributed by atoms with Gasteiger partial charge in [0.15, 0.2) is 5.82 Å². The molecule has 2 rings (SSSR count). The van der Waals surface area contributed by atoms with Crippen molar-refractivity contribution in [2.24, 2.45) is 0 Å². The summed E-state index contributed by atoms with van der Waals surface area (Å²) in [7, 11) is 0. The summed E-state index contributed by atoms with van der Waals surface area (Å²) in [4.78, 5) is 1.66. The molecule has 0 bridgehead atoms. The third-order valence-electron chi connectivity index (χ3n) is 2.25. The fraction of sp³-hybridized carbons (Fsp3) is 0.364. The number of nitrogens with zero attached hydrogens (tertiary/aromatic N) is 4. The van der Waals surface area contributed by atoms with E-state index >= 15 is 0 Å². The van der Waals surface area contributed by atoms with Crippen LogP contribution in [-0.4, -0.2) is 20.2 Å². The summed E-state index contributed by atoms with van der Waals surface area (Å²) in [5, 5.41) is 12.1. The second-order valence-corrected chi connectivity index (χ2v) is 3.39. The van der Waals surface area contributed by atoms with Crippen LogP contribution in [0.4, 0.5) is 0 Å². The van der Waals surface area contributed by atoms with Gasteiger partial charge in [-0.05, 0) is 17.2 Å². The first kappa shape index (κ1) is 9.83. The van der Waals surface area contributed by atoms with Crippen LogP contribution in [0.3, 0.4) is 0 Å². The van der Waals surface area contributed by atoms with Crippen LogP contribution in [0.1, 0.15) is 18.3 Å². The highest BCUT2D eigenvalue weighted by Gasteiger charge is 1.99. The van der Waals surface area contributed by atoms with Gasteiger partial charge >= 0.3 is 0 Å². The Kier molecular flexibility index (Phi) is 3.07. The Morgan fingerprint density at radius 2 is 2.00 bits per heavy atom. The molecule has 1 aromatic heterocycles. The first-order chi connectivity index (χ1) is 7.38. The minimum absolute atomic E-state index is 0.789. The molecule has 0 saturated heterocycles. The van der Waals surface area contributed by atoms with Gasteiger partial charge in [-0.15, -0.1) is 10.2 Å². The number of hydrogen-bond donors (Lipinski definition) is 0. The molecule has 4 heteroatoms. The Labute approximate surface area is 88.9 Å². The van der Waals surface area contributed by atoms with Gasteiger partial charge in [-0.2, -0.15) is 4.80 Å². The van der Waals surface area contributed by atoms with Gasteiger partial charge in [0.05, 0.1) is 6.54 Å². The molecule has 0 unspecified atom stereocenters. The van der Waals surface area contributed by atoms with Crippen molar-refractivity contribution >= 4 is 0 Å². The van der Waals surface area contributed by atoms with E-state index in [0.29, 0.717) is 0 Å². The summed E-state index contributed by atoms with van der Waals surface area (Å²) in [5.74, 6) is 0.808. The highest BCUT2D eigenvalue weighted by molar-refractivity contribution is 5.14. The quantitative estimate of drug-likeness (QED) is 0.754. The molecule has 1 aromatic carbocycles. The molecule has 0 amide bonds. The van der Waals surface area contributed by atoms with Crippen molar-refractivity contribution in [1.82, 2.24) is 20.2 Å². The van der Waals surface area contributed by atoms with Crippen LogP contribution in [-0.2, 0) is 19.4 Å². The molecule has 0 aliphatic heterocycles. The smallest absolute Gasteiger partial charge is 0.164 e. The number of tetrazole rings is 1. The molecule has 78 valence electrons. The van der Waals surface area contributed by atoms with Crippen LogP contribution in [0.5, 0.6) is 0 Å². The van der Waals surface area contributed by atoms with Gasteiger partial charge in [0.25, 0.3) is 0 Å². The third-order valence-corrected chi connectivity index (χ3v) is 2.25. The maximum absolute atomic E-state index is 4.24. The molecule has 15 heavy (non-hydrogen) atoms. The summed E-state index contributed by atoms with van der Waals surface area (Å²) < 4.78 is 0. The molecule has 0 atom stereocenters. The summed E-state index contributed by atoms with van der Waals surface area (Å²) in [6.07, 6.45) is 1.78. The first-order valence-electron chi connectivity index (χ1n) is 5.19. The van der Waals surface area contributed by atoms with E-state index in [2.05, 4.69) is 27.5 Å². The topological polar surface area (TPSA) is 43.6 Å². The number of aryl methyl sites for hydroxylation is 3. The monoisotopic (exact) mass is 202 g/mol. The summed E-state index contributed by atoms with van der Waals surface area (Å²) in [5.41, 5.74) is 1.30. The second-order valence-electron chi connectivity index (χ2n) is 3.39. The zero-order valence-electron chi connectivity index (χ0n) is 8.80. The maximum Gasteiger partial charge on any atom is 0.174 e. The average Bonchev–Trinajstić information content (AvgIpc) is 2.76. The van der Waals surface area contributed by atoms with E-state index in [1.54, 1.807) is 4.80 Å². The Balaban J connectivity index is 1.93. The van der Waals surface area contributed by atoms with E-state index in [1.807, 2.05) is 25.1 Å². The predicted octanol–water partition coefficient (Wildman–Crippen LogP) is 1.48. The predicted molar refractivity (Wildman–Crippen MR) is 57.3 cm³/mol. The molecular formula is C11H14N4. The lowest BCUT2D eigenvalue weighted by molar-refractivity contribution is 0.521. The zero-order valence-corrected chi connectivity index (χ0v) is 8.80. The van der Waals surface area contributed by atoms with E-state index in [0.717, 1.165) is 25.2 Å². The van der Waals surface area contributed by atoms with Crippen molar-refractivity contribution in [3.05, 3.63) is 41.7 Å². The van der Waals surface area contributed by atoms with Gasteiger partial charge in [0.2, 0.25) is 0 Å². The lowest BCUT2D eigenvalue weighted by Gasteiger charge is -1.98. The molecule has 0 radical (unpaired) electrons. The number of benzene rings is 1. The van der Waals surface area contributed by atoms with Crippen molar-refractivity contribution in [1.29, 1.82) is 0 Å². The molecule has 0 saturated carbocycles. The molecule has 0 aliphatic rings. The molecule has 0 N–H and O–H groups in total. The maximum atomic E-state index is 4.24. The van der Waals surface area contributed by atoms with Crippen LogP contribution >= 0.6 is 0 Å². The van der Waals surface area contributed by atoms with Gasteiger partial charge in [0.1, 0.15) is 0 Å². The van der Waals surface area contributed by atoms with Crippen molar-refractivity contribution in [2.75, 3.05) is 0 Å². The molecule has 0 spiro atoms. The zero-order chi connectivity index (χ0) is 10.5. The minimum Gasteiger partial charge on any atom is -0.164 e. The standard InChI is InChI=1S/C11H14N4/c1-2-11-12-14-15(13-11)9-8-10-6-4-3-5-7-10/h3-7H,2,8-9H2,1H3. The van der Waals surface area contributed by atoms with E-state index < -0.39 is 0 Å².